The number of hydrogen-bond acceptors (Lipinski definition) is 7. The first kappa shape index (κ1) is 18.9. The summed E-state index contributed by atoms with van der Waals surface area (Å²) in [6.45, 7) is 2.77. The molecule has 0 spiro atoms. The second kappa shape index (κ2) is 7.60. The SMILES string of the molecule is Cc1nn(-c2ccc(-c3ccc(NCC4CC5CCC(C4)N5)nn3)c(O)c2)cc1N. The number of fused-ring (bicyclic) bond motifs is 2. The number of aromatic hydroxyl groups is 1. The Hall–Kier alpha value is -3.13. The number of hydrogen-bond donors (Lipinski definition) is 4. The number of phenols is 1. The molecule has 2 atom stereocenters. The second-order valence-corrected chi connectivity index (χ2v) is 8.48. The molecule has 0 saturated carbocycles. The summed E-state index contributed by atoms with van der Waals surface area (Å²) in [4.78, 5) is 0. The van der Waals surface area contributed by atoms with E-state index in [0.29, 0.717) is 34.9 Å². The van der Waals surface area contributed by atoms with Gasteiger partial charge in [0.15, 0.2) is 0 Å². The molecule has 8 heteroatoms. The lowest BCUT2D eigenvalue weighted by atomic mass is 9.92. The van der Waals surface area contributed by atoms with Crippen molar-refractivity contribution in [2.24, 2.45) is 5.92 Å². The molecule has 5 N–H and O–H groups in total. The maximum atomic E-state index is 10.5. The van der Waals surface area contributed by atoms with Crippen LogP contribution < -0.4 is 16.4 Å². The Morgan fingerprint density at radius 3 is 2.60 bits per heavy atom. The number of nitrogens with one attached hydrogen (secondary N) is 2. The summed E-state index contributed by atoms with van der Waals surface area (Å²) in [5, 5.41) is 30.6. The molecule has 3 aromatic rings. The number of aromatic nitrogens is 4. The van der Waals surface area contributed by atoms with E-state index in [9.17, 15) is 5.11 Å². The fraction of sp³-hybridized carbons (Fsp3) is 0.409. The van der Waals surface area contributed by atoms with Gasteiger partial charge in [0.25, 0.3) is 0 Å². The molecule has 30 heavy (non-hydrogen) atoms. The third kappa shape index (κ3) is 3.70. The van der Waals surface area contributed by atoms with Crippen molar-refractivity contribution in [2.75, 3.05) is 17.6 Å². The van der Waals surface area contributed by atoms with Crippen LogP contribution in [0.5, 0.6) is 5.75 Å². The lowest BCUT2D eigenvalue weighted by Gasteiger charge is -2.29. The van der Waals surface area contributed by atoms with Gasteiger partial charge in [0.2, 0.25) is 0 Å². The highest BCUT2D eigenvalue weighted by Gasteiger charge is 2.33. The molecule has 0 radical (unpaired) electrons. The van der Waals surface area contributed by atoms with E-state index in [0.717, 1.165) is 23.7 Å². The average Bonchev–Trinajstić information content (AvgIpc) is 3.27. The topological polar surface area (TPSA) is 114 Å². The van der Waals surface area contributed by atoms with Crippen LogP contribution in [-0.4, -0.2) is 43.7 Å². The van der Waals surface area contributed by atoms with E-state index in [1.165, 1.54) is 25.7 Å². The van der Waals surface area contributed by atoms with E-state index in [-0.39, 0.29) is 5.75 Å². The van der Waals surface area contributed by atoms with Gasteiger partial charge in [0.05, 0.1) is 29.0 Å². The van der Waals surface area contributed by atoms with E-state index in [4.69, 9.17) is 5.73 Å². The zero-order valence-corrected chi connectivity index (χ0v) is 17.0. The molecule has 2 unspecified atom stereocenters. The number of phenolic OH excluding ortho intramolecular Hbond substituents is 1. The fourth-order valence-corrected chi connectivity index (χ4v) is 4.65. The molecule has 4 heterocycles. The Bertz CT molecular complexity index is 1010. The monoisotopic (exact) mass is 405 g/mol. The van der Waals surface area contributed by atoms with Gasteiger partial charge in [0, 0.05) is 30.3 Å². The van der Waals surface area contributed by atoms with Gasteiger partial charge in [-0.2, -0.15) is 5.10 Å². The third-order valence-corrected chi connectivity index (χ3v) is 6.27. The van der Waals surface area contributed by atoms with Crippen molar-refractivity contribution in [3.05, 3.63) is 42.2 Å². The summed E-state index contributed by atoms with van der Waals surface area (Å²) in [5.41, 5.74) is 9.23. The van der Waals surface area contributed by atoms with E-state index >= 15 is 0 Å². The number of benzene rings is 1. The molecule has 2 fully saturated rings. The number of aryl methyl sites for hydroxylation is 1. The lowest BCUT2D eigenvalue weighted by molar-refractivity contribution is 0.311. The largest absolute Gasteiger partial charge is 0.507 e. The minimum absolute atomic E-state index is 0.124. The van der Waals surface area contributed by atoms with Crippen LogP contribution in [0.15, 0.2) is 36.5 Å². The first-order chi connectivity index (χ1) is 14.5. The summed E-state index contributed by atoms with van der Waals surface area (Å²) >= 11 is 0. The number of nitrogens with two attached hydrogens (primary N) is 1. The van der Waals surface area contributed by atoms with Gasteiger partial charge in [-0.15, -0.1) is 10.2 Å². The fourth-order valence-electron chi connectivity index (χ4n) is 4.65. The van der Waals surface area contributed by atoms with Gasteiger partial charge in [-0.1, -0.05) is 0 Å². The molecule has 0 amide bonds. The third-order valence-electron chi connectivity index (χ3n) is 6.27. The molecule has 8 nitrogen and oxygen atoms in total. The highest BCUT2D eigenvalue weighted by molar-refractivity contribution is 5.69. The van der Waals surface area contributed by atoms with Crippen LogP contribution >= 0.6 is 0 Å². The summed E-state index contributed by atoms with van der Waals surface area (Å²) < 4.78 is 1.65. The van der Waals surface area contributed by atoms with E-state index in [2.05, 4.69) is 25.9 Å². The Kier molecular flexibility index (Phi) is 4.78. The first-order valence-electron chi connectivity index (χ1n) is 10.5. The number of nitrogens with zero attached hydrogens (tertiary/aromatic N) is 4. The average molecular weight is 406 g/mol. The Labute approximate surface area is 175 Å². The van der Waals surface area contributed by atoms with Crippen molar-refractivity contribution in [1.82, 2.24) is 25.3 Å². The van der Waals surface area contributed by atoms with Crippen LogP contribution in [0.2, 0.25) is 0 Å². The van der Waals surface area contributed by atoms with Crippen LogP contribution in [0, 0.1) is 12.8 Å². The maximum Gasteiger partial charge on any atom is 0.148 e. The van der Waals surface area contributed by atoms with Crippen molar-refractivity contribution in [1.29, 1.82) is 0 Å². The zero-order valence-electron chi connectivity index (χ0n) is 17.0. The molecule has 156 valence electrons. The molecule has 2 bridgehead atoms. The summed E-state index contributed by atoms with van der Waals surface area (Å²) in [7, 11) is 0. The number of anilines is 2. The van der Waals surface area contributed by atoms with Crippen molar-refractivity contribution < 1.29 is 5.11 Å². The minimum Gasteiger partial charge on any atom is -0.507 e. The van der Waals surface area contributed by atoms with E-state index < -0.39 is 0 Å². The highest BCUT2D eigenvalue weighted by Crippen LogP contribution is 2.32. The molecular formula is C22H27N7O. The summed E-state index contributed by atoms with van der Waals surface area (Å²) in [6.07, 6.45) is 6.82. The summed E-state index contributed by atoms with van der Waals surface area (Å²) in [6, 6.07) is 10.5. The second-order valence-electron chi connectivity index (χ2n) is 8.48. The molecule has 2 saturated heterocycles. The number of rotatable bonds is 5. The molecular weight excluding hydrogens is 378 g/mol. The van der Waals surface area contributed by atoms with Crippen molar-refractivity contribution in [2.45, 2.75) is 44.7 Å². The van der Waals surface area contributed by atoms with Crippen molar-refractivity contribution in [3.8, 4) is 22.7 Å². The van der Waals surface area contributed by atoms with Crippen LogP contribution in [-0.2, 0) is 0 Å². The maximum absolute atomic E-state index is 10.5. The molecule has 5 rings (SSSR count). The standard InChI is InChI=1S/C22H27N7O/c1-13-19(23)12-29(28-13)17-4-5-18(21(30)10-17)20-6-7-22(27-26-20)24-11-14-8-15-2-3-16(9-14)25-15/h4-7,10,12,14-16,25,30H,2-3,8-9,11,23H2,1H3,(H,24,27). The van der Waals surface area contributed by atoms with Gasteiger partial charge in [0.1, 0.15) is 11.6 Å². The predicted octanol–water partition coefficient (Wildman–Crippen LogP) is 2.87. The van der Waals surface area contributed by atoms with Gasteiger partial charge < -0.3 is 21.5 Å². The van der Waals surface area contributed by atoms with Gasteiger partial charge in [-0.3, -0.25) is 0 Å². The Morgan fingerprint density at radius 1 is 1.17 bits per heavy atom. The Morgan fingerprint density at radius 2 is 1.97 bits per heavy atom. The normalized spacial score (nSPS) is 22.9. The molecule has 2 aliphatic heterocycles. The number of nitrogen functional groups attached to an aromatic ring is 1. The molecule has 1 aromatic carbocycles. The van der Waals surface area contributed by atoms with Crippen LogP contribution in [0.3, 0.4) is 0 Å². The van der Waals surface area contributed by atoms with E-state index in [1.54, 1.807) is 16.9 Å². The van der Waals surface area contributed by atoms with Gasteiger partial charge >= 0.3 is 0 Å². The van der Waals surface area contributed by atoms with E-state index in [1.807, 2.05) is 31.2 Å². The smallest absolute Gasteiger partial charge is 0.148 e. The lowest BCUT2D eigenvalue weighted by Crippen LogP contribution is -2.40. The zero-order chi connectivity index (χ0) is 20.7. The van der Waals surface area contributed by atoms with Gasteiger partial charge in [-0.05, 0) is 62.8 Å². The van der Waals surface area contributed by atoms with Crippen LogP contribution in [0.1, 0.15) is 31.4 Å². The predicted molar refractivity (Wildman–Crippen MR) is 117 cm³/mol. The molecule has 2 aromatic heterocycles. The molecule has 0 aliphatic carbocycles. The quantitative estimate of drug-likeness (QED) is 0.516. The van der Waals surface area contributed by atoms with Crippen molar-refractivity contribution in [3.63, 3.8) is 0 Å². The van der Waals surface area contributed by atoms with Crippen LogP contribution in [0.4, 0.5) is 11.5 Å². The number of piperidine rings is 1. The van der Waals surface area contributed by atoms with Crippen LogP contribution in [0.25, 0.3) is 16.9 Å². The highest BCUT2D eigenvalue weighted by atomic mass is 16.3. The first-order valence-corrected chi connectivity index (χ1v) is 10.5. The molecule has 2 aliphatic rings. The summed E-state index contributed by atoms with van der Waals surface area (Å²) in [5.74, 6) is 1.57. The Balaban J connectivity index is 1.26. The van der Waals surface area contributed by atoms with Gasteiger partial charge in [-0.25, -0.2) is 4.68 Å². The van der Waals surface area contributed by atoms with Crippen molar-refractivity contribution >= 4 is 11.5 Å². The minimum atomic E-state index is 0.124.